The number of nitrogens with zero attached hydrogens (tertiary/aromatic N) is 2. The molecule has 1 N–H and O–H groups in total. The van der Waals surface area contributed by atoms with E-state index >= 15 is 0 Å². The van der Waals surface area contributed by atoms with E-state index in [9.17, 15) is 0 Å². The average Bonchev–Trinajstić information content (AvgIpc) is 2.74. The van der Waals surface area contributed by atoms with Crippen LogP contribution in [-0.2, 0) is 6.54 Å². The van der Waals surface area contributed by atoms with Crippen LogP contribution in [0.5, 0.6) is 5.75 Å². The second-order valence-corrected chi connectivity index (χ2v) is 4.13. The number of nitrogens with one attached hydrogen (secondary N) is 1. The van der Waals surface area contributed by atoms with E-state index in [0.717, 1.165) is 22.7 Å². The minimum absolute atomic E-state index is 0.0489. The number of nitriles is 1. The number of hydrogen-bond donors (Lipinski definition) is 1. The summed E-state index contributed by atoms with van der Waals surface area (Å²) in [6, 6.07) is 9.44. The van der Waals surface area contributed by atoms with Gasteiger partial charge < -0.3 is 14.6 Å². The topological polar surface area (TPSA) is 71.1 Å². The lowest BCUT2D eigenvalue weighted by atomic mass is 10.2. The van der Waals surface area contributed by atoms with E-state index in [4.69, 9.17) is 14.5 Å². The van der Waals surface area contributed by atoms with Gasteiger partial charge in [0.2, 0.25) is 0 Å². The van der Waals surface area contributed by atoms with Crippen molar-refractivity contribution in [2.45, 2.75) is 20.4 Å². The van der Waals surface area contributed by atoms with Crippen LogP contribution < -0.4 is 10.1 Å². The molecule has 0 saturated carbocycles. The molecule has 19 heavy (non-hydrogen) atoms. The second kappa shape index (κ2) is 5.91. The van der Waals surface area contributed by atoms with Crippen molar-refractivity contribution in [3.05, 3.63) is 41.3 Å². The van der Waals surface area contributed by atoms with E-state index in [1.165, 1.54) is 0 Å². The van der Waals surface area contributed by atoms with Crippen LogP contribution in [0.15, 0.2) is 28.8 Å². The molecule has 0 spiro atoms. The molecule has 0 aliphatic carbocycles. The molecule has 5 nitrogen and oxygen atoms in total. The zero-order chi connectivity index (χ0) is 13.7. The highest BCUT2D eigenvalue weighted by Gasteiger charge is 2.08. The Morgan fingerprint density at radius 2 is 2.26 bits per heavy atom. The van der Waals surface area contributed by atoms with Crippen molar-refractivity contribution >= 4 is 5.69 Å². The van der Waals surface area contributed by atoms with Gasteiger partial charge in [-0.05, 0) is 26.0 Å². The Morgan fingerprint density at radius 3 is 2.95 bits per heavy atom. The van der Waals surface area contributed by atoms with Crippen molar-refractivity contribution in [2.75, 3.05) is 11.9 Å². The van der Waals surface area contributed by atoms with E-state index in [2.05, 4.69) is 10.5 Å². The molecule has 98 valence electrons. The molecule has 0 radical (unpaired) electrons. The maximum absolute atomic E-state index is 8.48. The Morgan fingerprint density at radius 1 is 1.42 bits per heavy atom. The predicted octanol–water partition coefficient (Wildman–Crippen LogP) is 2.81. The Bertz CT molecular complexity index is 579. The van der Waals surface area contributed by atoms with Crippen molar-refractivity contribution in [3.63, 3.8) is 0 Å². The smallest absolute Gasteiger partial charge is 0.174 e. The van der Waals surface area contributed by atoms with Crippen molar-refractivity contribution in [1.29, 1.82) is 5.26 Å². The van der Waals surface area contributed by atoms with E-state index in [-0.39, 0.29) is 6.61 Å². The van der Waals surface area contributed by atoms with Crippen molar-refractivity contribution in [3.8, 4) is 11.8 Å². The van der Waals surface area contributed by atoms with Crippen LogP contribution in [0.2, 0.25) is 0 Å². The van der Waals surface area contributed by atoms with Crippen LogP contribution in [0.1, 0.15) is 17.0 Å². The van der Waals surface area contributed by atoms with Gasteiger partial charge in [0, 0.05) is 23.9 Å². The summed E-state index contributed by atoms with van der Waals surface area (Å²) in [5, 5.41) is 15.7. The third kappa shape index (κ3) is 3.26. The Labute approximate surface area is 111 Å². The molecule has 0 atom stereocenters. The third-order valence-corrected chi connectivity index (χ3v) is 2.79. The minimum atomic E-state index is 0.0489. The third-order valence-electron chi connectivity index (χ3n) is 2.79. The van der Waals surface area contributed by atoms with Crippen LogP contribution in [0.3, 0.4) is 0 Å². The van der Waals surface area contributed by atoms with Crippen molar-refractivity contribution in [2.24, 2.45) is 0 Å². The number of hydrogen-bond acceptors (Lipinski definition) is 5. The molecule has 1 heterocycles. The highest BCUT2D eigenvalue weighted by molar-refractivity contribution is 5.48. The van der Waals surface area contributed by atoms with Crippen LogP contribution in [-0.4, -0.2) is 11.8 Å². The molecule has 0 aliphatic heterocycles. The van der Waals surface area contributed by atoms with Gasteiger partial charge in [0.25, 0.3) is 0 Å². The van der Waals surface area contributed by atoms with Crippen LogP contribution >= 0.6 is 0 Å². The fourth-order valence-electron chi connectivity index (χ4n) is 1.76. The van der Waals surface area contributed by atoms with Gasteiger partial charge in [-0.25, -0.2) is 0 Å². The summed E-state index contributed by atoms with van der Waals surface area (Å²) >= 11 is 0. The number of ether oxygens (including phenoxy) is 1. The number of benzene rings is 1. The SMILES string of the molecule is Cc1noc(C)c1CNc1cccc(OCC#N)c1. The minimum Gasteiger partial charge on any atom is -0.479 e. The first-order chi connectivity index (χ1) is 9.20. The first-order valence-electron chi connectivity index (χ1n) is 5.96. The molecular formula is C14H15N3O2. The number of rotatable bonds is 5. The molecule has 1 aromatic carbocycles. The Kier molecular flexibility index (Phi) is 4.04. The number of aryl methyl sites for hydroxylation is 2. The van der Waals surface area contributed by atoms with E-state index in [1.807, 2.05) is 44.2 Å². The summed E-state index contributed by atoms with van der Waals surface area (Å²) < 4.78 is 10.4. The highest BCUT2D eigenvalue weighted by atomic mass is 16.5. The van der Waals surface area contributed by atoms with Gasteiger partial charge in [0.1, 0.15) is 17.6 Å². The molecule has 0 unspecified atom stereocenters. The second-order valence-electron chi connectivity index (χ2n) is 4.13. The van der Waals surface area contributed by atoms with Gasteiger partial charge in [-0.2, -0.15) is 5.26 Å². The summed E-state index contributed by atoms with van der Waals surface area (Å²) in [7, 11) is 0. The van der Waals surface area contributed by atoms with Gasteiger partial charge in [-0.1, -0.05) is 11.2 Å². The number of aromatic nitrogens is 1. The maximum Gasteiger partial charge on any atom is 0.174 e. The summed E-state index contributed by atoms with van der Waals surface area (Å²) in [5.41, 5.74) is 2.88. The molecule has 0 bridgehead atoms. The molecule has 0 fully saturated rings. The van der Waals surface area contributed by atoms with E-state index < -0.39 is 0 Å². The predicted molar refractivity (Wildman–Crippen MR) is 70.9 cm³/mol. The molecule has 0 amide bonds. The van der Waals surface area contributed by atoms with Crippen LogP contribution in [0.25, 0.3) is 0 Å². The quantitative estimate of drug-likeness (QED) is 0.891. The fraction of sp³-hybridized carbons (Fsp3) is 0.286. The molecule has 1 aromatic heterocycles. The lowest BCUT2D eigenvalue weighted by Gasteiger charge is -2.08. The lowest BCUT2D eigenvalue weighted by molar-refractivity contribution is 0.368. The lowest BCUT2D eigenvalue weighted by Crippen LogP contribution is -2.02. The van der Waals surface area contributed by atoms with Gasteiger partial charge >= 0.3 is 0 Å². The Balaban J connectivity index is 2.02. The maximum atomic E-state index is 8.48. The van der Waals surface area contributed by atoms with Gasteiger partial charge in [-0.15, -0.1) is 0 Å². The van der Waals surface area contributed by atoms with Crippen LogP contribution in [0, 0.1) is 25.2 Å². The van der Waals surface area contributed by atoms with Gasteiger partial charge in [0.05, 0.1) is 5.69 Å². The molecular weight excluding hydrogens is 242 g/mol. The van der Waals surface area contributed by atoms with Crippen LogP contribution in [0.4, 0.5) is 5.69 Å². The standard InChI is InChI=1S/C14H15N3O2/c1-10-14(11(2)19-17-10)9-16-12-4-3-5-13(8-12)18-7-6-15/h3-5,8,16H,7,9H2,1-2H3. The van der Waals surface area contributed by atoms with Crippen molar-refractivity contribution in [1.82, 2.24) is 5.16 Å². The zero-order valence-electron chi connectivity index (χ0n) is 10.9. The molecule has 2 rings (SSSR count). The fourth-order valence-corrected chi connectivity index (χ4v) is 1.76. The molecule has 5 heteroatoms. The zero-order valence-corrected chi connectivity index (χ0v) is 10.9. The summed E-state index contributed by atoms with van der Waals surface area (Å²) in [4.78, 5) is 0. The molecule has 0 saturated heterocycles. The first kappa shape index (κ1) is 13.0. The Hall–Kier alpha value is -2.48. The molecule has 0 aliphatic rings. The monoisotopic (exact) mass is 257 g/mol. The highest BCUT2D eigenvalue weighted by Crippen LogP contribution is 2.19. The summed E-state index contributed by atoms with van der Waals surface area (Å²) in [5.74, 6) is 1.49. The van der Waals surface area contributed by atoms with Gasteiger partial charge in [-0.3, -0.25) is 0 Å². The van der Waals surface area contributed by atoms with E-state index in [0.29, 0.717) is 12.3 Å². The normalized spacial score (nSPS) is 9.95. The number of anilines is 1. The average molecular weight is 257 g/mol. The van der Waals surface area contributed by atoms with Gasteiger partial charge in [0.15, 0.2) is 6.61 Å². The van der Waals surface area contributed by atoms with E-state index in [1.54, 1.807) is 0 Å². The molecule has 2 aromatic rings. The van der Waals surface area contributed by atoms with Crippen molar-refractivity contribution < 1.29 is 9.26 Å². The summed E-state index contributed by atoms with van der Waals surface area (Å²) in [6.45, 7) is 4.50. The summed E-state index contributed by atoms with van der Waals surface area (Å²) in [6.07, 6.45) is 0. The largest absolute Gasteiger partial charge is 0.479 e. The first-order valence-corrected chi connectivity index (χ1v) is 5.96.